The first-order valence-corrected chi connectivity index (χ1v) is 5.44. The second kappa shape index (κ2) is 4.63. The molecule has 0 unspecified atom stereocenters. The Bertz CT molecular complexity index is 506. The summed E-state index contributed by atoms with van der Waals surface area (Å²) in [5.41, 5.74) is 4.41. The zero-order chi connectivity index (χ0) is 13.4. The van der Waals surface area contributed by atoms with E-state index in [2.05, 4.69) is 4.98 Å². The van der Waals surface area contributed by atoms with Gasteiger partial charge in [-0.2, -0.15) is 4.98 Å². The maximum Gasteiger partial charge on any atom is 0.351 e. The molecular formula is C10H14FN3O4. The fourth-order valence-electron chi connectivity index (χ4n) is 2.00. The van der Waals surface area contributed by atoms with Gasteiger partial charge in [0, 0.05) is 5.92 Å². The molecule has 0 spiro atoms. The summed E-state index contributed by atoms with van der Waals surface area (Å²) in [5.74, 6) is -1.81. The molecular weight excluding hydrogens is 245 g/mol. The van der Waals surface area contributed by atoms with Crippen molar-refractivity contribution in [1.82, 2.24) is 9.55 Å². The standard InChI is InChI=1S/C10H14FN3O4/c1-4-7(16)6(3-15)18-9(4)14-2-5(11)8(12)13-10(14)17/h2,4,6-7,9,15-16H,3H2,1H3,(H2,12,13,17)/t4-,6+,7-,9+/m0/s1. The molecule has 2 heterocycles. The summed E-state index contributed by atoms with van der Waals surface area (Å²) in [6.07, 6.45) is -1.74. The van der Waals surface area contributed by atoms with Gasteiger partial charge < -0.3 is 20.7 Å². The molecule has 8 heteroatoms. The van der Waals surface area contributed by atoms with Crippen LogP contribution in [-0.2, 0) is 4.74 Å². The van der Waals surface area contributed by atoms with E-state index in [1.807, 2.05) is 0 Å². The fourth-order valence-corrected chi connectivity index (χ4v) is 2.00. The highest BCUT2D eigenvalue weighted by Gasteiger charge is 2.42. The number of hydrogen-bond acceptors (Lipinski definition) is 6. The second-order valence-electron chi connectivity index (χ2n) is 4.26. The van der Waals surface area contributed by atoms with Crippen molar-refractivity contribution < 1.29 is 19.3 Å². The molecule has 1 fully saturated rings. The highest BCUT2D eigenvalue weighted by molar-refractivity contribution is 5.26. The van der Waals surface area contributed by atoms with E-state index in [9.17, 15) is 14.3 Å². The van der Waals surface area contributed by atoms with Gasteiger partial charge in [0.05, 0.1) is 18.9 Å². The number of rotatable bonds is 2. The molecule has 0 aliphatic carbocycles. The van der Waals surface area contributed by atoms with Gasteiger partial charge in [-0.05, 0) is 0 Å². The summed E-state index contributed by atoms with van der Waals surface area (Å²) in [4.78, 5) is 14.9. The first kappa shape index (κ1) is 12.9. The van der Waals surface area contributed by atoms with Crippen molar-refractivity contribution in [1.29, 1.82) is 0 Å². The molecule has 1 saturated heterocycles. The summed E-state index contributed by atoms with van der Waals surface area (Å²) < 4.78 is 19.5. The number of ether oxygens (including phenoxy) is 1. The molecule has 4 atom stereocenters. The Kier molecular flexibility index (Phi) is 3.33. The van der Waals surface area contributed by atoms with E-state index in [4.69, 9.17) is 15.6 Å². The lowest BCUT2D eigenvalue weighted by molar-refractivity contribution is -0.0479. The van der Waals surface area contributed by atoms with Gasteiger partial charge in [-0.3, -0.25) is 4.57 Å². The van der Waals surface area contributed by atoms with E-state index in [-0.39, 0.29) is 6.61 Å². The number of nitrogens with two attached hydrogens (primary N) is 1. The van der Waals surface area contributed by atoms with Crippen molar-refractivity contribution in [2.24, 2.45) is 5.92 Å². The molecule has 0 saturated carbocycles. The number of anilines is 1. The average Bonchev–Trinajstić information content (AvgIpc) is 2.61. The number of hydrogen-bond donors (Lipinski definition) is 3. The van der Waals surface area contributed by atoms with E-state index >= 15 is 0 Å². The number of nitrogens with zero attached hydrogens (tertiary/aromatic N) is 2. The van der Waals surface area contributed by atoms with E-state index < -0.39 is 41.7 Å². The summed E-state index contributed by atoms with van der Waals surface area (Å²) in [5, 5.41) is 18.8. The Morgan fingerprint density at radius 3 is 2.89 bits per heavy atom. The molecule has 2 rings (SSSR count). The van der Waals surface area contributed by atoms with E-state index in [1.165, 1.54) is 0 Å². The molecule has 1 aliphatic rings. The lowest BCUT2D eigenvalue weighted by Gasteiger charge is -2.18. The number of halogens is 1. The van der Waals surface area contributed by atoms with Crippen LogP contribution < -0.4 is 11.4 Å². The van der Waals surface area contributed by atoms with Crippen molar-refractivity contribution >= 4 is 5.82 Å². The predicted molar refractivity (Wildman–Crippen MR) is 59.0 cm³/mol. The third-order valence-electron chi connectivity index (χ3n) is 3.07. The van der Waals surface area contributed by atoms with E-state index in [1.54, 1.807) is 6.92 Å². The minimum Gasteiger partial charge on any atom is -0.394 e. The summed E-state index contributed by atoms with van der Waals surface area (Å²) in [6.45, 7) is 1.24. The zero-order valence-corrected chi connectivity index (χ0v) is 9.65. The van der Waals surface area contributed by atoms with Crippen LogP contribution >= 0.6 is 0 Å². The van der Waals surface area contributed by atoms with E-state index in [0.717, 1.165) is 10.8 Å². The van der Waals surface area contributed by atoms with Crippen molar-refractivity contribution in [3.8, 4) is 0 Å². The van der Waals surface area contributed by atoms with Crippen LogP contribution in [0.1, 0.15) is 13.2 Å². The molecule has 0 radical (unpaired) electrons. The second-order valence-corrected chi connectivity index (χ2v) is 4.26. The normalized spacial score (nSPS) is 31.8. The van der Waals surface area contributed by atoms with Crippen molar-refractivity contribution in [2.45, 2.75) is 25.4 Å². The summed E-state index contributed by atoms with van der Waals surface area (Å²) >= 11 is 0. The minimum atomic E-state index is -0.937. The Balaban J connectivity index is 2.39. The van der Waals surface area contributed by atoms with Gasteiger partial charge in [0.15, 0.2) is 11.6 Å². The molecule has 0 amide bonds. The number of aliphatic hydroxyl groups excluding tert-OH is 2. The maximum atomic E-state index is 13.3. The number of aliphatic hydroxyl groups is 2. The lowest BCUT2D eigenvalue weighted by Crippen LogP contribution is -2.31. The molecule has 7 nitrogen and oxygen atoms in total. The fraction of sp³-hybridized carbons (Fsp3) is 0.600. The van der Waals surface area contributed by atoms with Crippen LogP contribution in [0.2, 0.25) is 0 Å². The Morgan fingerprint density at radius 1 is 1.67 bits per heavy atom. The average molecular weight is 259 g/mol. The van der Waals surface area contributed by atoms with Crippen LogP contribution in [0.25, 0.3) is 0 Å². The molecule has 1 aromatic rings. The maximum absolute atomic E-state index is 13.3. The lowest BCUT2D eigenvalue weighted by atomic mass is 10.0. The van der Waals surface area contributed by atoms with Gasteiger partial charge in [-0.1, -0.05) is 6.92 Å². The van der Waals surface area contributed by atoms with Crippen LogP contribution in [-0.4, -0.2) is 38.6 Å². The molecule has 18 heavy (non-hydrogen) atoms. The SMILES string of the molecule is C[C@H]1[C@H](O)[C@@H](CO)O[C@H]1n1cc(F)c(N)nc1=O. The highest BCUT2D eigenvalue weighted by Crippen LogP contribution is 2.33. The van der Waals surface area contributed by atoms with Gasteiger partial charge in [0.2, 0.25) is 0 Å². The molecule has 1 aliphatic heterocycles. The molecule has 1 aromatic heterocycles. The van der Waals surface area contributed by atoms with Gasteiger partial charge in [-0.25, -0.2) is 9.18 Å². The Morgan fingerprint density at radius 2 is 2.33 bits per heavy atom. The topological polar surface area (TPSA) is 111 Å². The molecule has 4 N–H and O–H groups in total. The number of aromatic nitrogens is 2. The van der Waals surface area contributed by atoms with Crippen LogP contribution in [0.5, 0.6) is 0 Å². The van der Waals surface area contributed by atoms with Gasteiger partial charge >= 0.3 is 5.69 Å². The van der Waals surface area contributed by atoms with Crippen molar-refractivity contribution in [2.75, 3.05) is 12.3 Å². The molecule has 0 aromatic carbocycles. The van der Waals surface area contributed by atoms with Crippen LogP contribution in [0.4, 0.5) is 10.2 Å². The van der Waals surface area contributed by atoms with Gasteiger partial charge in [0.25, 0.3) is 0 Å². The number of nitrogen functional groups attached to an aromatic ring is 1. The quantitative estimate of drug-likeness (QED) is 0.618. The van der Waals surface area contributed by atoms with Crippen molar-refractivity contribution in [3.05, 3.63) is 22.5 Å². The summed E-state index contributed by atoms with van der Waals surface area (Å²) in [7, 11) is 0. The minimum absolute atomic E-state index is 0.387. The van der Waals surface area contributed by atoms with Crippen LogP contribution in [0, 0.1) is 11.7 Å². The van der Waals surface area contributed by atoms with Crippen molar-refractivity contribution in [3.63, 3.8) is 0 Å². The molecule has 100 valence electrons. The first-order chi connectivity index (χ1) is 8.45. The van der Waals surface area contributed by atoms with Crippen LogP contribution in [0.15, 0.2) is 11.0 Å². The monoisotopic (exact) mass is 259 g/mol. The van der Waals surface area contributed by atoms with E-state index in [0.29, 0.717) is 0 Å². The van der Waals surface area contributed by atoms with Gasteiger partial charge in [0.1, 0.15) is 12.3 Å². The predicted octanol–water partition coefficient (Wildman–Crippen LogP) is -1.15. The first-order valence-electron chi connectivity index (χ1n) is 5.44. The zero-order valence-electron chi connectivity index (χ0n) is 9.65. The molecule has 0 bridgehead atoms. The highest BCUT2D eigenvalue weighted by atomic mass is 19.1. The largest absolute Gasteiger partial charge is 0.394 e. The van der Waals surface area contributed by atoms with Crippen LogP contribution in [0.3, 0.4) is 0 Å². The third kappa shape index (κ3) is 1.98. The Hall–Kier alpha value is -1.51. The Labute approximate surface area is 102 Å². The van der Waals surface area contributed by atoms with Gasteiger partial charge in [-0.15, -0.1) is 0 Å². The summed E-state index contributed by atoms with van der Waals surface area (Å²) in [6, 6.07) is 0. The third-order valence-corrected chi connectivity index (χ3v) is 3.07. The smallest absolute Gasteiger partial charge is 0.351 e.